The van der Waals surface area contributed by atoms with E-state index in [2.05, 4.69) is 5.32 Å². The van der Waals surface area contributed by atoms with E-state index in [1.54, 1.807) is 13.1 Å². The molecule has 0 spiro atoms. The van der Waals surface area contributed by atoms with Crippen molar-refractivity contribution in [2.24, 2.45) is 14.1 Å². The Balaban J connectivity index is 2.22. The van der Waals surface area contributed by atoms with Gasteiger partial charge in [-0.25, -0.2) is 4.39 Å². The second-order valence-electron chi connectivity index (χ2n) is 6.48. The van der Waals surface area contributed by atoms with Crippen LogP contribution < -0.4 is 21.0 Å². The summed E-state index contributed by atoms with van der Waals surface area (Å²) in [6.07, 6.45) is 0.248. The molecule has 1 atom stereocenters. The van der Waals surface area contributed by atoms with Gasteiger partial charge in [0.2, 0.25) is 5.43 Å². The maximum Gasteiger partial charge on any atom is 0.253 e. The number of ether oxygens (including phenoxy) is 1. The first-order valence-corrected chi connectivity index (χ1v) is 9.68. The van der Waals surface area contributed by atoms with Gasteiger partial charge in [-0.2, -0.15) is 0 Å². The fourth-order valence-corrected chi connectivity index (χ4v) is 3.27. The molecule has 0 radical (unpaired) electrons. The number of hydrogen-bond acceptors (Lipinski definition) is 6. The van der Waals surface area contributed by atoms with Crippen LogP contribution in [0.4, 0.5) is 15.9 Å². The predicted octanol–water partition coefficient (Wildman–Crippen LogP) is 1.46. The molecule has 1 unspecified atom stereocenters. The molecule has 0 aliphatic heterocycles. The first-order valence-electron chi connectivity index (χ1n) is 8.60. The molecule has 3 rings (SSSR count). The van der Waals surface area contributed by atoms with Crippen molar-refractivity contribution in [3.63, 3.8) is 0 Å². The van der Waals surface area contributed by atoms with E-state index in [0.29, 0.717) is 9.09 Å². The van der Waals surface area contributed by atoms with Gasteiger partial charge in [0.1, 0.15) is 24.3 Å². The third-order valence-electron chi connectivity index (χ3n) is 4.39. The average molecular weight is 515 g/mol. The number of aliphatic hydroxyl groups excluding tert-OH is 2. The van der Waals surface area contributed by atoms with E-state index in [-0.39, 0.29) is 34.8 Å². The van der Waals surface area contributed by atoms with E-state index in [4.69, 9.17) is 9.84 Å². The van der Waals surface area contributed by atoms with E-state index >= 15 is 0 Å². The molecule has 10 heteroatoms. The monoisotopic (exact) mass is 515 g/mol. The summed E-state index contributed by atoms with van der Waals surface area (Å²) >= 11 is 1.98. The summed E-state index contributed by atoms with van der Waals surface area (Å²) in [6, 6.07) is 5.84. The van der Waals surface area contributed by atoms with Crippen molar-refractivity contribution >= 4 is 45.0 Å². The van der Waals surface area contributed by atoms with Crippen LogP contribution in [0, 0.1) is 9.39 Å². The van der Waals surface area contributed by atoms with E-state index in [1.165, 1.54) is 40.6 Å². The molecule has 0 aliphatic rings. The minimum Gasteiger partial charge on any atom is -0.485 e. The van der Waals surface area contributed by atoms with Crippen molar-refractivity contribution in [2.75, 3.05) is 18.5 Å². The molecule has 154 valence electrons. The summed E-state index contributed by atoms with van der Waals surface area (Å²) < 4.78 is 23.2. The minimum absolute atomic E-state index is 0.0720. The lowest BCUT2D eigenvalue weighted by Gasteiger charge is -2.17. The summed E-state index contributed by atoms with van der Waals surface area (Å²) in [5.74, 6) is -0.490. The molecule has 0 fully saturated rings. The van der Waals surface area contributed by atoms with Crippen LogP contribution in [0.2, 0.25) is 0 Å². The third kappa shape index (κ3) is 4.28. The molecule has 1 aromatic carbocycles. The van der Waals surface area contributed by atoms with E-state index in [9.17, 15) is 19.1 Å². The summed E-state index contributed by atoms with van der Waals surface area (Å²) in [4.78, 5) is 25.5. The Morgan fingerprint density at radius 1 is 1.28 bits per heavy atom. The number of aromatic nitrogens is 2. The molecule has 0 amide bonds. The third-order valence-corrected chi connectivity index (χ3v) is 5.06. The quantitative estimate of drug-likeness (QED) is 0.430. The summed E-state index contributed by atoms with van der Waals surface area (Å²) in [5.41, 5.74) is -0.476. The highest BCUT2D eigenvalue weighted by Gasteiger charge is 2.18. The summed E-state index contributed by atoms with van der Waals surface area (Å²) in [7, 11) is 3.10. The van der Waals surface area contributed by atoms with Crippen molar-refractivity contribution in [1.29, 1.82) is 0 Å². The highest BCUT2D eigenvalue weighted by Crippen LogP contribution is 2.26. The fourth-order valence-electron chi connectivity index (χ4n) is 2.82. The van der Waals surface area contributed by atoms with Crippen LogP contribution in [0.1, 0.15) is 0 Å². The highest BCUT2D eigenvalue weighted by molar-refractivity contribution is 14.1. The number of anilines is 2. The Labute approximate surface area is 178 Å². The largest absolute Gasteiger partial charge is 0.485 e. The summed E-state index contributed by atoms with van der Waals surface area (Å²) in [6.45, 7) is -0.793. The SMILES string of the molecule is Cn1c(Nc2ccc(I)cc2F)c2c(=O)c(OCC(O)CO)cn(C)c2cc1=O. The van der Waals surface area contributed by atoms with Gasteiger partial charge in [0.15, 0.2) is 5.75 Å². The molecule has 0 aliphatic carbocycles. The predicted molar refractivity (Wildman–Crippen MR) is 115 cm³/mol. The Kier molecular flexibility index (Phi) is 6.24. The first kappa shape index (κ1) is 21.3. The maximum absolute atomic E-state index is 14.4. The number of aryl methyl sites for hydroxylation is 1. The van der Waals surface area contributed by atoms with Crippen LogP contribution >= 0.6 is 22.6 Å². The number of hydrogen-bond donors (Lipinski definition) is 3. The molecule has 8 nitrogen and oxygen atoms in total. The van der Waals surface area contributed by atoms with Crippen LogP contribution in [-0.4, -0.2) is 38.7 Å². The number of halogens is 2. The molecular formula is C19H19FIN3O5. The number of pyridine rings is 2. The zero-order valence-electron chi connectivity index (χ0n) is 15.6. The van der Waals surface area contributed by atoms with Crippen LogP contribution in [0.15, 0.2) is 40.1 Å². The number of aliphatic hydroxyl groups is 2. The molecule has 0 saturated carbocycles. The second-order valence-corrected chi connectivity index (χ2v) is 7.73. The van der Waals surface area contributed by atoms with Crippen LogP contribution in [-0.2, 0) is 14.1 Å². The number of rotatable bonds is 6. The van der Waals surface area contributed by atoms with E-state index < -0.39 is 24.0 Å². The molecule has 0 bridgehead atoms. The number of fused-ring (bicyclic) bond motifs is 1. The molecule has 2 aromatic heterocycles. The van der Waals surface area contributed by atoms with Crippen LogP contribution in [0.3, 0.4) is 0 Å². The highest BCUT2D eigenvalue weighted by atomic mass is 127. The summed E-state index contributed by atoms with van der Waals surface area (Å²) in [5, 5.41) is 21.4. The Morgan fingerprint density at radius 2 is 2.00 bits per heavy atom. The van der Waals surface area contributed by atoms with Gasteiger partial charge in [0.25, 0.3) is 5.56 Å². The van der Waals surface area contributed by atoms with Crippen molar-refractivity contribution in [3.8, 4) is 5.75 Å². The van der Waals surface area contributed by atoms with Gasteiger partial charge in [-0.15, -0.1) is 0 Å². The van der Waals surface area contributed by atoms with E-state index in [0.717, 1.165) is 0 Å². The topological polar surface area (TPSA) is 106 Å². The second kappa shape index (κ2) is 8.51. The minimum atomic E-state index is -1.14. The normalized spacial score (nSPS) is 12.2. The van der Waals surface area contributed by atoms with Gasteiger partial charge in [0.05, 0.1) is 29.4 Å². The van der Waals surface area contributed by atoms with E-state index in [1.807, 2.05) is 22.6 Å². The Morgan fingerprint density at radius 3 is 2.66 bits per heavy atom. The maximum atomic E-state index is 14.4. The van der Waals surface area contributed by atoms with Crippen molar-refractivity contribution in [3.05, 3.63) is 60.4 Å². The number of nitrogens with one attached hydrogen (secondary N) is 1. The van der Waals surface area contributed by atoms with Crippen molar-refractivity contribution < 1.29 is 19.3 Å². The molecule has 3 N–H and O–H groups in total. The molecule has 2 heterocycles. The van der Waals surface area contributed by atoms with Gasteiger partial charge in [-0.3, -0.25) is 14.2 Å². The fraction of sp³-hybridized carbons (Fsp3) is 0.263. The Bertz CT molecular complexity index is 1190. The number of benzene rings is 1. The van der Waals surface area contributed by atoms with Crippen LogP contribution in [0.5, 0.6) is 5.75 Å². The van der Waals surface area contributed by atoms with Crippen molar-refractivity contribution in [2.45, 2.75) is 6.10 Å². The zero-order valence-corrected chi connectivity index (χ0v) is 17.8. The molecular weight excluding hydrogens is 496 g/mol. The van der Waals surface area contributed by atoms with Gasteiger partial charge in [0, 0.05) is 23.7 Å². The van der Waals surface area contributed by atoms with Gasteiger partial charge < -0.3 is 24.8 Å². The lowest BCUT2D eigenvalue weighted by molar-refractivity contribution is 0.0531. The van der Waals surface area contributed by atoms with Crippen molar-refractivity contribution in [1.82, 2.24) is 9.13 Å². The lowest BCUT2D eigenvalue weighted by atomic mass is 10.2. The number of nitrogens with zero attached hydrogens (tertiary/aromatic N) is 2. The van der Waals surface area contributed by atoms with Crippen LogP contribution in [0.25, 0.3) is 10.9 Å². The van der Waals surface area contributed by atoms with Gasteiger partial charge >= 0.3 is 0 Å². The van der Waals surface area contributed by atoms with Gasteiger partial charge in [-0.05, 0) is 40.8 Å². The lowest BCUT2D eigenvalue weighted by Crippen LogP contribution is -2.26. The van der Waals surface area contributed by atoms with Gasteiger partial charge in [-0.1, -0.05) is 0 Å². The molecule has 0 saturated heterocycles. The first-order chi connectivity index (χ1) is 13.7. The molecule has 29 heavy (non-hydrogen) atoms. The average Bonchev–Trinajstić information content (AvgIpc) is 2.68. The smallest absolute Gasteiger partial charge is 0.253 e. The standard InChI is InChI=1S/C19H19FIN3O5/c1-23-7-15(29-9-11(26)8-25)18(28)17-14(23)6-16(27)24(2)19(17)22-13-4-3-10(21)5-12(13)20/h3-7,11,22,25-26H,8-9H2,1-2H3. The Hall–Kier alpha value is -2.44. The zero-order chi connectivity index (χ0) is 21.3. The molecule has 3 aromatic rings.